The minimum absolute atomic E-state index is 0.660. The van der Waals surface area contributed by atoms with Crippen LogP contribution in [0.2, 0.25) is 0 Å². The molecular formula is C22H22N2. The Bertz CT molecular complexity index is 736. The maximum absolute atomic E-state index is 3.67. The van der Waals surface area contributed by atoms with E-state index < -0.39 is 0 Å². The van der Waals surface area contributed by atoms with Crippen LogP contribution in [0.15, 0.2) is 97.6 Å². The zero-order chi connectivity index (χ0) is 16.5. The maximum Gasteiger partial charge on any atom is 0.0919 e. The van der Waals surface area contributed by atoms with Gasteiger partial charge in [0.05, 0.1) is 6.33 Å². The molecule has 0 fully saturated rings. The van der Waals surface area contributed by atoms with Crippen molar-refractivity contribution < 1.29 is 0 Å². The van der Waals surface area contributed by atoms with Crippen molar-refractivity contribution >= 4 is 0 Å². The van der Waals surface area contributed by atoms with Crippen molar-refractivity contribution in [1.82, 2.24) is 9.97 Å². The van der Waals surface area contributed by atoms with Crippen molar-refractivity contribution in [1.29, 1.82) is 0 Å². The van der Waals surface area contributed by atoms with Crippen LogP contribution in [0.3, 0.4) is 0 Å². The molecule has 0 saturated heterocycles. The predicted octanol–water partition coefficient (Wildman–Crippen LogP) is 5.44. The second-order valence-electron chi connectivity index (χ2n) is 5.84. The van der Waals surface area contributed by atoms with Gasteiger partial charge >= 0.3 is 0 Å². The van der Waals surface area contributed by atoms with Crippen molar-refractivity contribution in [3.8, 4) is 11.1 Å². The summed E-state index contributed by atoms with van der Waals surface area (Å²) in [5.41, 5.74) is 4.00. The fraction of sp³-hybridized carbons (Fsp3) is 0.136. The zero-order valence-corrected chi connectivity index (χ0v) is 13.7. The highest BCUT2D eigenvalue weighted by atomic mass is 14.8. The first kappa shape index (κ1) is 16.0. The molecular weight excluding hydrogens is 292 g/mol. The summed E-state index contributed by atoms with van der Waals surface area (Å²) in [5.74, 6) is 0.660. The van der Waals surface area contributed by atoms with Crippen LogP contribution in [0, 0.1) is 5.92 Å². The second-order valence-corrected chi connectivity index (χ2v) is 5.84. The maximum atomic E-state index is 3.67. The van der Waals surface area contributed by atoms with Gasteiger partial charge in [-0.1, -0.05) is 78.9 Å². The van der Waals surface area contributed by atoms with Crippen molar-refractivity contribution in [3.63, 3.8) is 0 Å². The van der Waals surface area contributed by atoms with Gasteiger partial charge < -0.3 is 4.98 Å². The SMILES string of the molecule is C1=CCC(Cc2ccc(-c3ccccc3)cc2)C=C1.c1c[nH]cn1. The van der Waals surface area contributed by atoms with Crippen LogP contribution in [0.4, 0.5) is 0 Å². The van der Waals surface area contributed by atoms with E-state index >= 15 is 0 Å². The summed E-state index contributed by atoms with van der Waals surface area (Å²) in [4.78, 5) is 6.42. The lowest BCUT2D eigenvalue weighted by Gasteiger charge is -2.13. The molecule has 1 unspecified atom stereocenters. The highest BCUT2D eigenvalue weighted by Gasteiger charge is 2.06. The number of hydrogen-bond donors (Lipinski definition) is 1. The monoisotopic (exact) mass is 314 g/mol. The summed E-state index contributed by atoms with van der Waals surface area (Å²) >= 11 is 0. The molecule has 1 atom stereocenters. The Morgan fingerprint density at radius 1 is 0.917 bits per heavy atom. The standard InChI is InChI=1S/C19H18.C3H4N2/c1-3-7-16(8-4-1)15-17-11-13-19(14-12-17)18-9-5-2-6-10-18;1-2-5-3-4-1/h1-7,9-14,16H,8,15H2;1-3H,(H,4,5). The molecule has 0 saturated carbocycles. The number of benzene rings is 2. The summed E-state index contributed by atoms with van der Waals surface area (Å²) in [6, 6.07) is 19.5. The zero-order valence-electron chi connectivity index (χ0n) is 13.7. The highest BCUT2D eigenvalue weighted by Crippen LogP contribution is 2.22. The van der Waals surface area contributed by atoms with Gasteiger partial charge in [-0.3, -0.25) is 0 Å². The molecule has 4 rings (SSSR count). The molecule has 0 bridgehead atoms. The van der Waals surface area contributed by atoms with Crippen LogP contribution < -0.4 is 0 Å². The molecule has 0 amide bonds. The van der Waals surface area contributed by atoms with E-state index in [1.54, 1.807) is 18.7 Å². The minimum atomic E-state index is 0.660. The summed E-state index contributed by atoms with van der Waals surface area (Å²) in [5, 5.41) is 0. The van der Waals surface area contributed by atoms with E-state index in [0.717, 1.165) is 12.8 Å². The van der Waals surface area contributed by atoms with Gasteiger partial charge in [-0.15, -0.1) is 0 Å². The molecule has 3 aromatic rings. The molecule has 0 aliphatic heterocycles. The van der Waals surface area contributed by atoms with E-state index in [4.69, 9.17) is 0 Å². The molecule has 120 valence electrons. The van der Waals surface area contributed by atoms with Crippen LogP contribution in [0.1, 0.15) is 12.0 Å². The molecule has 1 aliphatic rings. The van der Waals surface area contributed by atoms with Gasteiger partial charge in [-0.2, -0.15) is 0 Å². The average molecular weight is 314 g/mol. The molecule has 1 aromatic heterocycles. The summed E-state index contributed by atoms with van der Waals surface area (Å²) < 4.78 is 0. The molecule has 1 aliphatic carbocycles. The third-order valence-electron chi connectivity index (χ3n) is 4.03. The Hall–Kier alpha value is -2.87. The highest BCUT2D eigenvalue weighted by molar-refractivity contribution is 5.63. The first-order valence-corrected chi connectivity index (χ1v) is 8.32. The predicted molar refractivity (Wildman–Crippen MR) is 101 cm³/mol. The Kier molecular flexibility index (Phi) is 5.79. The fourth-order valence-corrected chi connectivity index (χ4v) is 2.76. The summed E-state index contributed by atoms with van der Waals surface area (Å²) in [6.07, 6.45) is 16.2. The van der Waals surface area contributed by atoms with Gasteiger partial charge in [0.25, 0.3) is 0 Å². The average Bonchev–Trinajstić information content (AvgIpc) is 3.24. The smallest absolute Gasteiger partial charge is 0.0919 e. The molecule has 1 heterocycles. The van der Waals surface area contributed by atoms with E-state index in [1.165, 1.54) is 16.7 Å². The Morgan fingerprint density at radius 3 is 2.29 bits per heavy atom. The summed E-state index contributed by atoms with van der Waals surface area (Å²) in [7, 11) is 0. The van der Waals surface area contributed by atoms with Gasteiger partial charge in [0, 0.05) is 12.4 Å². The Labute approximate surface area is 143 Å². The largest absolute Gasteiger partial charge is 0.351 e. The van der Waals surface area contributed by atoms with Crippen molar-refractivity contribution in [2.45, 2.75) is 12.8 Å². The van der Waals surface area contributed by atoms with Gasteiger partial charge in [0.1, 0.15) is 0 Å². The van der Waals surface area contributed by atoms with Gasteiger partial charge in [0.2, 0.25) is 0 Å². The number of H-pyrrole nitrogens is 1. The van der Waals surface area contributed by atoms with Crippen LogP contribution in [-0.4, -0.2) is 9.97 Å². The first-order valence-electron chi connectivity index (χ1n) is 8.32. The van der Waals surface area contributed by atoms with Crippen LogP contribution in [0.5, 0.6) is 0 Å². The third kappa shape index (κ3) is 4.82. The number of allylic oxidation sites excluding steroid dienone is 4. The minimum Gasteiger partial charge on any atom is -0.351 e. The van der Waals surface area contributed by atoms with Crippen molar-refractivity contribution in [2.24, 2.45) is 5.92 Å². The van der Waals surface area contributed by atoms with E-state index in [2.05, 4.69) is 88.9 Å². The third-order valence-corrected chi connectivity index (χ3v) is 4.03. The van der Waals surface area contributed by atoms with E-state index in [-0.39, 0.29) is 0 Å². The van der Waals surface area contributed by atoms with Crippen LogP contribution in [-0.2, 0) is 6.42 Å². The molecule has 2 nitrogen and oxygen atoms in total. The van der Waals surface area contributed by atoms with Crippen LogP contribution >= 0.6 is 0 Å². The number of imidazole rings is 1. The fourth-order valence-electron chi connectivity index (χ4n) is 2.76. The topological polar surface area (TPSA) is 28.7 Å². The molecule has 1 N–H and O–H groups in total. The number of hydrogen-bond acceptors (Lipinski definition) is 1. The van der Waals surface area contributed by atoms with Crippen molar-refractivity contribution in [2.75, 3.05) is 0 Å². The quantitative estimate of drug-likeness (QED) is 0.685. The number of aromatic nitrogens is 2. The molecule has 2 aromatic carbocycles. The summed E-state index contributed by atoms with van der Waals surface area (Å²) in [6.45, 7) is 0. The van der Waals surface area contributed by atoms with Gasteiger partial charge in [0.15, 0.2) is 0 Å². The molecule has 24 heavy (non-hydrogen) atoms. The van der Waals surface area contributed by atoms with E-state index in [1.807, 2.05) is 0 Å². The van der Waals surface area contributed by atoms with Gasteiger partial charge in [-0.25, -0.2) is 4.98 Å². The van der Waals surface area contributed by atoms with E-state index in [9.17, 15) is 0 Å². The lowest BCUT2D eigenvalue weighted by atomic mass is 9.92. The Morgan fingerprint density at radius 2 is 1.71 bits per heavy atom. The first-order chi connectivity index (χ1) is 11.9. The lowest BCUT2D eigenvalue weighted by Crippen LogP contribution is -2.01. The number of rotatable bonds is 3. The van der Waals surface area contributed by atoms with Gasteiger partial charge in [-0.05, 0) is 35.4 Å². The lowest BCUT2D eigenvalue weighted by molar-refractivity contribution is 0.653. The van der Waals surface area contributed by atoms with Crippen LogP contribution in [0.25, 0.3) is 11.1 Å². The normalized spacial score (nSPS) is 15.6. The number of aromatic amines is 1. The Balaban J connectivity index is 0.000000290. The molecule has 0 spiro atoms. The molecule has 2 heteroatoms. The van der Waals surface area contributed by atoms with Crippen molar-refractivity contribution in [3.05, 3.63) is 103 Å². The number of nitrogens with one attached hydrogen (secondary N) is 1. The number of nitrogens with zero attached hydrogens (tertiary/aromatic N) is 1. The second kappa shape index (κ2) is 8.68. The van der Waals surface area contributed by atoms with E-state index in [0.29, 0.717) is 5.92 Å². The molecule has 0 radical (unpaired) electrons.